The van der Waals surface area contributed by atoms with Gasteiger partial charge < -0.3 is 20.3 Å². The molecular weight excluding hydrogens is 544 g/mol. The van der Waals surface area contributed by atoms with Crippen LogP contribution < -0.4 is 14.9 Å². The highest BCUT2D eigenvalue weighted by Crippen LogP contribution is 2.38. The van der Waals surface area contributed by atoms with Crippen molar-refractivity contribution < 1.29 is 27.5 Å². The second-order valence-corrected chi connectivity index (χ2v) is 11.2. The van der Waals surface area contributed by atoms with Gasteiger partial charge in [-0.3, -0.25) is 13.9 Å². The molecular formula is C30H32N4O6S. The monoisotopic (exact) mass is 576 g/mol. The third-order valence-electron chi connectivity index (χ3n) is 6.72. The second kappa shape index (κ2) is 12.3. The number of fused-ring (bicyclic) bond motifs is 1. The predicted molar refractivity (Wildman–Crippen MR) is 160 cm³/mol. The Morgan fingerprint density at radius 3 is 2.17 bits per heavy atom. The molecule has 0 saturated carbocycles. The zero-order valence-corrected chi connectivity index (χ0v) is 24.1. The van der Waals surface area contributed by atoms with Gasteiger partial charge in [0.25, 0.3) is 5.91 Å². The van der Waals surface area contributed by atoms with Gasteiger partial charge in [-0.25, -0.2) is 13.2 Å². The van der Waals surface area contributed by atoms with Gasteiger partial charge in [0, 0.05) is 24.3 Å². The van der Waals surface area contributed by atoms with Crippen molar-refractivity contribution in [2.75, 3.05) is 47.9 Å². The number of amides is 2. The lowest BCUT2D eigenvalue weighted by molar-refractivity contribution is -0.129. The molecule has 11 heteroatoms. The molecule has 0 unspecified atom stereocenters. The quantitative estimate of drug-likeness (QED) is 0.276. The highest BCUT2D eigenvalue weighted by atomic mass is 32.2. The van der Waals surface area contributed by atoms with Gasteiger partial charge in [0.1, 0.15) is 6.54 Å². The highest BCUT2D eigenvalue weighted by molar-refractivity contribution is 7.92. The summed E-state index contributed by atoms with van der Waals surface area (Å²) >= 11 is 0. The van der Waals surface area contributed by atoms with Crippen LogP contribution in [-0.4, -0.2) is 64.1 Å². The maximum absolute atomic E-state index is 13.2. The SMILES string of the molecule is CCN(CC)C(=O)CN(c1ccc(N/C(=C2\C(=O)Nc3cc(C(=O)OC)ccc32)c2ccccc2)cc1)S(C)(=O)=O. The lowest BCUT2D eigenvalue weighted by Crippen LogP contribution is -2.42. The van der Waals surface area contributed by atoms with E-state index in [4.69, 9.17) is 4.74 Å². The van der Waals surface area contributed by atoms with E-state index in [0.29, 0.717) is 52.5 Å². The van der Waals surface area contributed by atoms with E-state index in [-0.39, 0.29) is 18.4 Å². The minimum Gasteiger partial charge on any atom is -0.465 e. The maximum Gasteiger partial charge on any atom is 0.337 e. The zero-order chi connectivity index (χ0) is 29.7. The van der Waals surface area contributed by atoms with Crippen LogP contribution in [0.25, 0.3) is 11.3 Å². The Kier molecular flexibility index (Phi) is 8.77. The smallest absolute Gasteiger partial charge is 0.337 e. The summed E-state index contributed by atoms with van der Waals surface area (Å²) in [6.07, 6.45) is 1.06. The number of carbonyl (C=O) groups is 3. The summed E-state index contributed by atoms with van der Waals surface area (Å²) in [5.41, 5.74) is 4.00. The van der Waals surface area contributed by atoms with Gasteiger partial charge in [-0.1, -0.05) is 36.4 Å². The Labute approximate surface area is 239 Å². The number of likely N-dealkylation sites (N-methyl/N-ethyl adjacent to an activating group) is 1. The van der Waals surface area contributed by atoms with E-state index in [0.717, 1.165) is 16.1 Å². The molecule has 0 aromatic heterocycles. The molecule has 1 aliphatic heterocycles. The van der Waals surface area contributed by atoms with Crippen LogP contribution in [0.1, 0.15) is 35.3 Å². The molecule has 3 aromatic carbocycles. The number of rotatable bonds is 10. The molecule has 1 aliphatic rings. The molecule has 0 radical (unpaired) electrons. The molecule has 0 fully saturated rings. The summed E-state index contributed by atoms with van der Waals surface area (Å²) < 4.78 is 31.0. The number of carbonyl (C=O) groups excluding carboxylic acids is 3. The van der Waals surface area contributed by atoms with Crippen molar-refractivity contribution in [2.24, 2.45) is 0 Å². The maximum atomic E-state index is 13.2. The molecule has 2 amide bonds. The van der Waals surface area contributed by atoms with E-state index in [1.165, 1.54) is 7.11 Å². The first-order chi connectivity index (χ1) is 19.6. The number of esters is 1. The molecule has 0 atom stereocenters. The second-order valence-electron chi connectivity index (χ2n) is 9.33. The van der Waals surface area contributed by atoms with Crippen LogP contribution in [0.15, 0.2) is 72.8 Å². The van der Waals surface area contributed by atoms with Gasteiger partial charge in [-0.05, 0) is 55.8 Å². The number of ether oxygens (including phenoxy) is 1. The van der Waals surface area contributed by atoms with Crippen molar-refractivity contribution in [3.8, 4) is 0 Å². The van der Waals surface area contributed by atoms with Crippen LogP contribution >= 0.6 is 0 Å². The Bertz CT molecular complexity index is 1600. The van der Waals surface area contributed by atoms with Crippen LogP contribution in [0.4, 0.5) is 17.1 Å². The fourth-order valence-electron chi connectivity index (χ4n) is 4.60. The first-order valence-electron chi connectivity index (χ1n) is 13.0. The van der Waals surface area contributed by atoms with Crippen LogP contribution in [0.2, 0.25) is 0 Å². The van der Waals surface area contributed by atoms with Crippen LogP contribution in [-0.2, 0) is 24.3 Å². The Morgan fingerprint density at radius 1 is 0.927 bits per heavy atom. The van der Waals surface area contributed by atoms with Crippen molar-refractivity contribution in [1.29, 1.82) is 0 Å². The summed E-state index contributed by atoms with van der Waals surface area (Å²) in [5, 5.41) is 6.15. The largest absolute Gasteiger partial charge is 0.465 e. The minimum atomic E-state index is -3.74. The molecule has 214 valence electrons. The zero-order valence-electron chi connectivity index (χ0n) is 23.3. The topological polar surface area (TPSA) is 125 Å². The van der Waals surface area contributed by atoms with Gasteiger partial charge in [0.15, 0.2) is 0 Å². The van der Waals surface area contributed by atoms with Crippen molar-refractivity contribution >= 4 is 56.1 Å². The lowest BCUT2D eigenvalue weighted by atomic mass is 9.99. The summed E-state index contributed by atoms with van der Waals surface area (Å²) in [4.78, 5) is 39.5. The molecule has 0 saturated heterocycles. The number of nitrogens with zero attached hydrogens (tertiary/aromatic N) is 2. The minimum absolute atomic E-state index is 0.292. The number of hydrogen-bond donors (Lipinski definition) is 2. The van der Waals surface area contributed by atoms with Crippen molar-refractivity contribution in [2.45, 2.75) is 13.8 Å². The number of methoxy groups -OCH3 is 1. The van der Waals surface area contributed by atoms with Crippen LogP contribution in [0.5, 0.6) is 0 Å². The lowest BCUT2D eigenvalue weighted by Gasteiger charge is -2.26. The standard InChI is InChI=1S/C30H32N4O6S/c1-5-33(6-2)26(35)19-34(41(4,38)39)23-15-13-22(14-16-23)31-28(20-10-8-7-9-11-20)27-24-17-12-21(30(37)40-3)18-25(24)32-29(27)36/h7-18,31H,5-6,19H2,1-4H3,(H,32,36)/b28-27-. The van der Waals surface area contributed by atoms with Gasteiger partial charge >= 0.3 is 5.97 Å². The Balaban J connectivity index is 1.72. The molecule has 2 N–H and O–H groups in total. The molecule has 0 aliphatic carbocycles. The summed E-state index contributed by atoms with van der Waals surface area (Å²) in [6.45, 7) is 4.33. The average Bonchev–Trinajstić information content (AvgIpc) is 3.29. The Morgan fingerprint density at radius 2 is 1.59 bits per heavy atom. The third kappa shape index (κ3) is 6.41. The summed E-state index contributed by atoms with van der Waals surface area (Å²) in [5.74, 6) is -1.15. The average molecular weight is 577 g/mol. The first-order valence-corrected chi connectivity index (χ1v) is 14.9. The number of hydrogen-bond acceptors (Lipinski definition) is 7. The van der Waals surface area contributed by atoms with E-state index in [9.17, 15) is 22.8 Å². The summed E-state index contributed by atoms with van der Waals surface area (Å²) in [7, 11) is -2.45. The fourth-order valence-corrected chi connectivity index (χ4v) is 5.45. The van der Waals surface area contributed by atoms with E-state index >= 15 is 0 Å². The van der Waals surface area contributed by atoms with Crippen LogP contribution in [0.3, 0.4) is 0 Å². The number of anilines is 3. The Hall–Kier alpha value is -4.64. The fraction of sp³-hybridized carbons (Fsp3) is 0.233. The molecule has 41 heavy (non-hydrogen) atoms. The number of nitrogens with one attached hydrogen (secondary N) is 2. The van der Waals surface area contributed by atoms with Crippen LogP contribution in [0, 0.1) is 0 Å². The van der Waals surface area contributed by atoms with E-state index in [1.807, 2.05) is 44.2 Å². The third-order valence-corrected chi connectivity index (χ3v) is 7.86. The van der Waals surface area contributed by atoms with Crippen molar-refractivity contribution in [3.63, 3.8) is 0 Å². The van der Waals surface area contributed by atoms with E-state index in [2.05, 4.69) is 10.6 Å². The molecule has 4 rings (SSSR count). The first kappa shape index (κ1) is 29.3. The molecule has 1 heterocycles. The number of sulfonamides is 1. The summed E-state index contributed by atoms with van der Waals surface area (Å²) in [6, 6.07) is 20.8. The normalized spacial score (nSPS) is 13.6. The number of benzene rings is 3. The highest BCUT2D eigenvalue weighted by Gasteiger charge is 2.29. The van der Waals surface area contributed by atoms with Gasteiger partial charge in [0.05, 0.1) is 41.6 Å². The molecule has 0 spiro atoms. The molecule has 3 aromatic rings. The van der Waals surface area contributed by atoms with E-state index < -0.39 is 16.0 Å². The molecule has 10 nitrogen and oxygen atoms in total. The van der Waals surface area contributed by atoms with Crippen molar-refractivity contribution in [3.05, 3.63) is 89.5 Å². The van der Waals surface area contributed by atoms with Crippen molar-refractivity contribution in [1.82, 2.24) is 4.90 Å². The van der Waals surface area contributed by atoms with E-state index in [1.54, 1.807) is 47.4 Å². The van der Waals surface area contributed by atoms with Gasteiger partial charge in [0.2, 0.25) is 15.9 Å². The van der Waals surface area contributed by atoms with Gasteiger partial charge in [-0.2, -0.15) is 0 Å². The predicted octanol–water partition coefficient (Wildman–Crippen LogP) is 4.04. The molecule has 0 bridgehead atoms. The van der Waals surface area contributed by atoms with Gasteiger partial charge in [-0.15, -0.1) is 0 Å².